The van der Waals surface area contributed by atoms with E-state index in [9.17, 15) is 0 Å². The fourth-order valence-electron chi connectivity index (χ4n) is 0.435. The molecule has 0 saturated heterocycles. The number of hydrogen-bond acceptors (Lipinski definition) is 4. The molecule has 0 atom stereocenters. The van der Waals surface area contributed by atoms with Crippen LogP contribution in [0.4, 0.5) is 0 Å². The molecule has 1 nitrogen and oxygen atoms in total. The zero-order chi connectivity index (χ0) is 6.53. The molecule has 9 heavy (non-hydrogen) atoms. The first-order valence-electron chi connectivity index (χ1n) is 2.32. The Morgan fingerprint density at radius 1 is 1.44 bits per heavy atom. The fraction of sp³-hybridized carbons (Fsp3) is 0. The quantitative estimate of drug-likeness (QED) is 0.548. The maximum absolute atomic E-state index is 4.06. The Labute approximate surface area is 66.9 Å². The van der Waals surface area contributed by atoms with Gasteiger partial charge in [0.25, 0.3) is 0 Å². The molecule has 4 heteroatoms. The molecule has 0 aliphatic heterocycles. The Bertz CT molecular complexity index is 165. The number of thiol groups is 1. The molecular weight excluding hydrogens is 170 g/mol. The van der Waals surface area contributed by atoms with Gasteiger partial charge >= 0.3 is 0 Å². The number of pyridine rings is 1. The van der Waals surface area contributed by atoms with Crippen molar-refractivity contribution in [3.8, 4) is 0 Å². The van der Waals surface area contributed by atoms with Gasteiger partial charge in [-0.2, -0.15) is 0 Å². The molecule has 1 rings (SSSR count). The second kappa shape index (κ2) is 4.09. The molecule has 48 valence electrons. The van der Waals surface area contributed by atoms with Gasteiger partial charge in [0.2, 0.25) is 0 Å². The normalized spacial score (nSPS) is 9.44. The summed E-state index contributed by atoms with van der Waals surface area (Å²) in [6, 6.07) is 5.81. The highest BCUT2D eigenvalue weighted by Gasteiger charge is 1.88. The molecule has 0 N–H and O–H groups in total. The van der Waals surface area contributed by atoms with Crippen LogP contribution in [0.25, 0.3) is 0 Å². The van der Waals surface area contributed by atoms with Crippen LogP contribution in [0.3, 0.4) is 0 Å². The first-order chi connectivity index (χ1) is 4.43. The second-order valence-corrected chi connectivity index (χ2v) is 4.35. The van der Waals surface area contributed by atoms with Gasteiger partial charge in [-0.3, -0.25) is 0 Å². The largest absolute Gasteiger partial charge is 0.249 e. The summed E-state index contributed by atoms with van der Waals surface area (Å²) in [5.41, 5.74) is 0. The summed E-state index contributed by atoms with van der Waals surface area (Å²) in [5.74, 6) is 0. The summed E-state index contributed by atoms with van der Waals surface area (Å²) in [6.45, 7) is 0. The molecule has 0 saturated carbocycles. The predicted octanol–water partition coefficient (Wildman–Crippen LogP) is 2.67. The molecule has 0 unspecified atom stereocenters. The minimum Gasteiger partial charge on any atom is -0.249 e. The van der Waals surface area contributed by atoms with Crippen molar-refractivity contribution in [2.75, 3.05) is 0 Å². The highest BCUT2D eigenvalue weighted by molar-refractivity contribution is 9.05. The lowest BCUT2D eigenvalue weighted by Crippen LogP contribution is -1.70. The van der Waals surface area contributed by atoms with Crippen molar-refractivity contribution in [2.45, 2.75) is 5.03 Å². The molecule has 0 spiro atoms. The third kappa shape index (κ3) is 2.51. The standard InChI is InChI=1S/C5H5NS3/c7-9-8-5-3-1-2-4-6-5/h1-4,7H. The highest BCUT2D eigenvalue weighted by atomic mass is 33.5. The smallest absolute Gasteiger partial charge is 0.107 e. The monoisotopic (exact) mass is 175 g/mol. The minimum absolute atomic E-state index is 0.998. The Kier molecular flexibility index (Phi) is 3.32. The minimum atomic E-state index is 0.998. The number of aromatic nitrogens is 1. The molecule has 1 heterocycles. The van der Waals surface area contributed by atoms with E-state index in [-0.39, 0.29) is 0 Å². The van der Waals surface area contributed by atoms with Crippen molar-refractivity contribution in [3.63, 3.8) is 0 Å². The first kappa shape index (κ1) is 7.31. The van der Waals surface area contributed by atoms with Gasteiger partial charge in [0.15, 0.2) is 0 Å². The van der Waals surface area contributed by atoms with Gasteiger partial charge in [0, 0.05) is 6.20 Å². The van der Waals surface area contributed by atoms with E-state index in [4.69, 9.17) is 0 Å². The molecular formula is C5H5NS3. The highest BCUT2D eigenvalue weighted by Crippen LogP contribution is 2.31. The van der Waals surface area contributed by atoms with E-state index in [1.165, 1.54) is 9.83 Å². The Hall–Kier alpha value is 0.200. The van der Waals surface area contributed by atoms with Crippen LogP contribution < -0.4 is 0 Å². The second-order valence-electron chi connectivity index (χ2n) is 1.33. The lowest BCUT2D eigenvalue weighted by atomic mass is 10.5. The number of hydrogen-bond donors (Lipinski definition) is 1. The van der Waals surface area contributed by atoms with Gasteiger partial charge in [0.05, 0.1) is 0 Å². The van der Waals surface area contributed by atoms with E-state index < -0.39 is 0 Å². The molecule has 0 radical (unpaired) electrons. The van der Waals surface area contributed by atoms with Crippen LogP contribution >= 0.6 is 32.3 Å². The van der Waals surface area contributed by atoms with Crippen molar-refractivity contribution in [2.24, 2.45) is 0 Å². The maximum atomic E-state index is 4.06. The average Bonchev–Trinajstić information content (AvgIpc) is 1.91. The summed E-state index contributed by atoms with van der Waals surface area (Å²) >= 11 is 3.97. The van der Waals surface area contributed by atoms with Crippen LogP contribution in [0, 0.1) is 0 Å². The summed E-state index contributed by atoms with van der Waals surface area (Å²) in [5, 5.41) is 0.998. The molecule has 0 bridgehead atoms. The molecule has 0 fully saturated rings. The van der Waals surface area contributed by atoms with Crippen LogP contribution in [-0.4, -0.2) is 4.98 Å². The van der Waals surface area contributed by atoms with Gasteiger partial charge in [-0.05, 0) is 32.8 Å². The molecule has 0 aliphatic rings. The van der Waals surface area contributed by atoms with Crippen molar-refractivity contribution in [1.29, 1.82) is 0 Å². The molecule has 0 amide bonds. The van der Waals surface area contributed by atoms with E-state index in [0.717, 1.165) is 5.03 Å². The average molecular weight is 175 g/mol. The zero-order valence-corrected chi connectivity index (χ0v) is 7.05. The van der Waals surface area contributed by atoms with Crippen molar-refractivity contribution < 1.29 is 0 Å². The third-order valence-electron chi connectivity index (χ3n) is 0.760. The van der Waals surface area contributed by atoms with Crippen molar-refractivity contribution in [3.05, 3.63) is 24.4 Å². The number of rotatable bonds is 2. The Morgan fingerprint density at radius 2 is 2.33 bits per heavy atom. The Morgan fingerprint density at radius 3 is 2.89 bits per heavy atom. The van der Waals surface area contributed by atoms with Crippen LogP contribution in [0.2, 0.25) is 0 Å². The summed E-state index contributed by atoms with van der Waals surface area (Å²) < 4.78 is 0. The lowest BCUT2D eigenvalue weighted by molar-refractivity contribution is 1.14. The van der Waals surface area contributed by atoms with E-state index >= 15 is 0 Å². The molecule has 1 aromatic rings. The SMILES string of the molecule is SSSc1ccccn1. The van der Waals surface area contributed by atoms with Crippen LogP contribution in [0.1, 0.15) is 0 Å². The summed E-state index contributed by atoms with van der Waals surface area (Å²) in [6.07, 6.45) is 1.77. The van der Waals surface area contributed by atoms with Gasteiger partial charge in [-0.15, -0.1) is 0 Å². The van der Waals surface area contributed by atoms with Gasteiger partial charge in [-0.1, -0.05) is 17.7 Å². The summed E-state index contributed by atoms with van der Waals surface area (Å²) in [4.78, 5) is 4.06. The summed E-state index contributed by atoms with van der Waals surface area (Å²) in [7, 11) is 2.95. The van der Waals surface area contributed by atoms with Crippen molar-refractivity contribution in [1.82, 2.24) is 4.98 Å². The fourth-order valence-corrected chi connectivity index (χ4v) is 1.96. The van der Waals surface area contributed by atoms with Gasteiger partial charge in [0.1, 0.15) is 5.03 Å². The molecule has 0 aliphatic carbocycles. The van der Waals surface area contributed by atoms with Crippen molar-refractivity contribution >= 4 is 32.3 Å². The van der Waals surface area contributed by atoms with E-state index in [2.05, 4.69) is 16.6 Å². The van der Waals surface area contributed by atoms with Crippen LogP contribution in [0.5, 0.6) is 0 Å². The number of nitrogens with zero attached hydrogens (tertiary/aromatic N) is 1. The van der Waals surface area contributed by atoms with Gasteiger partial charge < -0.3 is 0 Å². The van der Waals surface area contributed by atoms with Gasteiger partial charge in [-0.25, -0.2) is 4.98 Å². The van der Waals surface area contributed by atoms with E-state index in [0.29, 0.717) is 0 Å². The molecule has 1 aromatic heterocycles. The maximum Gasteiger partial charge on any atom is 0.107 e. The topological polar surface area (TPSA) is 12.9 Å². The van der Waals surface area contributed by atoms with E-state index in [1.54, 1.807) is 17.0 Å². The molecule has 0 aromatic carbocycles. The predicted molar refractivity (Wildman–Crippen MR) is 46.7 cm³/mol. The zero-order valence-electron chi connectivity index (χ0n) is 4.52. The third-order valence-corrected chi connectivity index (χ3v) is 2.65. The van der Waals surface area contributed by atoms with Crippen LogP contribution in [0.15, 0.2) is 29.4 Å². The first-order valence-corrected chi connectivity index (χ1v) is 5.53. The van der Waals surface area contributed by atoms with Crippen LogP contribution in [-0.2, 0) is 0 Å². The Balaban J connectivity index is 2.61. The van der Waals surface area contributed by atoms with E-state index in [1.807, 2.05) is 18.2 Å². The lowest BCUT2D eigenvalue weighted by Gasteiger charge is -1.90.